The van der Waals surface area contributed by atoms with Crippen molar-refractivity contribution in [1.29, 1.82) is 0 Å². The van der Waals surface area contributed by atoms with Crippen LogP contribution in [0.1, 0.15) is 18.1 Å². The molecule has 0 heterocycles. The quantitative estimate of drug-likeness (QED) is 0.498. The lowest BCUT2D eigenvalue weighted by molar-refractivity contribution is -0.142. The monoisotopic (exact) mass is 422 g/mol. The molecule has 0 radical (unpaired) electrons. The number of rotatable bonds is 8. The van der Waals surface area contributed by atoms with Gasteiger partial charge in [0.15, 0.2) is 0 Å². The Bertz CT molecular complexity index is 701. The van der Waals surface area contributed by atoms with Gasteiger partial charge in [0.2, 0.25) is 0 Å². The van der Waals surface area contributed by atoms with Gasteiger partial charge in [0.1, 0.15) is 13.3 Å². The number of nitrogens with two attached hydrogens (primary N) is 1. The van der Waals surface area contributed by atoms with Gasteiger partial charge in [-0.15, -0.1) is 12.4 Å². The van der Waals surface area contributed by atoms with Crippen LogP contribution in [0.3, 0.4) is 0 Å². The second-order valence-corrected chi connectivity index (χ2v) is 5.81. The molecule has 0 atom stereocenters. The minimum atomic E-state index is -0.403. The normalized spacial score (nSPS) is 9.96. The van der Waals surface area contributed by atoms with Crippen LogP contribution < -0.4 is 11.1 Å². The largest absolute Gasteiger partial charge is 0.466 e. The van der Waals surface area contributed by atoms with E-state index in [9.17, 15) is 13.6 Å². The van der Waals surface area contributed by atoms with Crippen molar-refractivity contribution in [1.82, 2.24) is 5.32 Å². The topological polar surface area (TPSA) is 64.3 Å². The minimum absolute atomic E-state index is 0. The Labute approximate surface area is 169 Å². The molecule has 8 heteroatoms. The zero-order valence-corrected chi connectivity index (χ0v) is 16.8. The van der Waals surface area contributed by atoms with E-state index in [1.165, 1.54) is 0 Å². The molecule has 0 bridgehead atoms. The van der Waals surface area contributed by atoms with E-state index in [1.807, 2.05) is 24.3 Å². The maximum absolute atomic E-state index is 12.2. The SMILES string of the molecule is CCOC(=O)Cc1c(Cl)ccc2ccc(CNCCF)cc12.Cl.NCCF. The number of hydrogen-bond donors (Lipinski definition) is 2. The molecule has 0 saturated heterocycles. The van der Waals surface area contributed by atoms with Gasteiger partial charge in [-0.25, -0.2) is 8.78 Å². The van der Waals surface area contributed by atoms with Crippen molar-refractivity contribution in [3.05, 3.63) is 46.5 Å². The van der Waals surface area contributed by atoms with Gasteiger partial charge in [-0.05, 0) is 41.0 Å². The first kappa shape index (κ1) is 25.5. The molecule has 27 heavy (non-hydrogen) atoms. The van der Waals surface area contributed by atoms with Crippen molar-refractivity contribution >= 4 is 40.7 Å². The van der Waals surface area contributed by atoms with Gasteiger partial charge in [-0.1, -0.05) is 29.8 Å². The summed E-state index contributed by atoms with van der Waals surface area (Å²) in [5, 5.41) is 5.50. The number of alkyl halides is 2. The number of fused-ring (bicyclic) bond motifs is 1. The smallest absolute Gasteiger partial charge is 0.310 e. The summed E-state index contributed by atoms with van der Waals surface area (Å²) in [5.74, 6) is -0.294. The lowest BCUT2D eigenvalue weighted by Gasteiger charge is -2.11. The number of carbonyl (C=O) groups excluding carboxylic acids is 1. The molecule has 0 aromatic heterocycles. The zero-order valence-electron chi connectivity index (χ0n) is 15.3. The number of halogens is 4. The molecule has 4 nitrogen and oxygen atoms in total. The highest BCUT2D eigenvalue weighted by Crippen LogP contribution is 2.28. The Morgan fingerprint density at radius 2 is 1.89 bits per heavy atom. The van der Waals surface area contributed by atoms with Crippen LogP contribution in [0, 0.1) is 0 Å². The standard InChI is InChI=1S/C17H19ClFNO2.C2H6FN.ClH/c1-2-22-17(21)10-15-14-9-12(11-20-8-7-19)3-4-13(14)5-6-16(15)18;3-1-2-4;/h3-6,9,20H,2,7-8,10-11H2,1H3;1-2,4H2;1H. The summed E-state index contributed by atoms with van der Waals surface area (Å²) in [6.07, 6.45) is 0.144. The van der Waals surface area contributed by atoms with E-state index in [0.29, 0.717) is 24.7 Å². The fourth-order valence-electron chi connectivity index (χ4n) is 2.35. The van der Waals surface area contributed by atoms with Crippen LogP contribution in [-0.2, 0) is 22.5 Å². The molecule has 2 rings (SSSR count). The predicted octanol–water partition coefficient (Wildman–Crippen LogP) is 3.99. The third-order valence-corrected chi connectivity index (χ3v) is 3.83. The van der Waals surface area contributed by atoms with E-state index in [0.717, 1.165) is 21.9 Å². The summed E-state index contributed by atoms with van der Waals surface area (Å²) in [4.78, 5) is 11.8. The lowest BCUT2D eigenvalue weighted by Crippen LogP contribution is -2.16. The van der Waals surface area contributed by atoms with Gasteiger partial charge in [-0.3, -0.25) is 4.79 Å². The zero-order chi connectivity index (χ0) is 19.4. The molecule has 0 aliphatic rings. The Hall–Kier alpha value is -1.47. The van der Waals surface area contributed by atoms with Gasteiger partial charge >= 0.3 is 5.97 Å². The predicted molar refractivity (Wildman–Crippen MR) is 109 cm³/mol. The van der Waals surface area contributed by atoms with Gasteiger partial charge in [0.05, 0.1) is 13.0 Å². The highest BCUT2D eigenvalue weighted by Gasteiger charge is 2.12. The average molecular weight is 423 g/mol. The van der Waals surface area contributed by atoms with Crippen molar-refractivity contribution < 1.29 is 18.3 Å². The number of benzene rings is 2. The molecule has 0 amide bonds. The molecule has 0 aliphatic heterocycles. The maximum atomic E-state index is 12.2. The molecule has 152 valence electrons. The third kappa shape index (κ3) is 8.84. The van der Waals surface area contributed by atoms with Crippen LogP contribution >= 0.6 is 24.0 Å². The van der Waals surface area contributed by atoms with Crippen LogP contribution in [0.2, 0.25) is 5.02 Å². The van der Waals surface area contributed by atoms with Gasteiger partial charge < -0.3 is 15.8 Å². The van der Waals surface area contributed by atoms with E-state index in [4.69, 9.17) is 16.3 Å². The van der Waals surface area contributed by atoms with Crippen molar-refractivity contribution in [2.75, 3.05) is 33.0 Å². The van der Waals surface area contributed by atoms with Crippen molar-refractivity contribution in [3.63, 3.8) is 0 Å². The van der Waals surface area contributed by atoms with Crippen LogP contribution in [0.5, 0.6) is 0 Å². The Kier molecular flexibility index (Phi) is 13.8. The maximum Gasteiger partial charge on any atom is 0.310 e. The molecule has 0 spiro atoms. The van der Waals surface area contributed by atoms with E-state index >= 15 is 0 Å². The highest BCUT2D eigenvalue weighted by molar-refractivity contribution is 6.32. The number of nitrogens with one attached hydrogen (secondary N) is 1. The molecule has 3 N–H and O–H groups in total. The van der Waals surface area contributed by atoms with Crippen molar-refractivity contribution in [2.45, 2.75) is 19.9 Å². The molecular weight excluding hydrogens is 397 g/mol. The molecule has 0 fully saturated rings. The molecule has 0 aliphatic carbocycles. The third-order valence-electron chi connectivity index (χ3n) is 3.48. The first-order valence-corrected chi connectivity index (χ1v) is 8.83. The van der Waals surface area contributed by atoms with Gasteiger partial charge in [-0.2, -0.15) is 0 Å². The number of esters is 1. The second-order valence-electron chi connectivity index (χ2n) is 5.41. The first-order valence-electron chi connectivity index (χ1n) is 8.45. The summed E-state index contributed by atoms with van der Waals surface area (Å²) in [7, 11) is 0. The Balaban J connectivity index is 0.00000123. The fourth-order valence-corrected chi connectivity index (χ4v) is 2.58. The van der Waals surface area contributed by atoms with Crippen LogP contribution in [0.25, 0.3) is 10.8 Å². The molecule has 2 aromatic rings. The lowest BCUT2D eigenvalue weighted by atomic mass is 9.99. The number of hydrogen-bond acceptors (Lipinski definition) is 4. The summed E-state index contributed by atoms with van der Waals surface area (Å²) < 4.78 is 27.8. The van der Waals surface area contributed by atoms with E-state index in [-0.39, 0.29) is 31.3 Å². The fraction of sp³-hybridized carbons (Fsp3) is 0.421. The molecule has 0 saturated carbocycles. The van der Waals surface area contributed by atoms with E-state index in [2.05, 4.69) is 11.1 Å². The van der Waals surface area contributed by atoms with Crippen molar-refractivity contribution in [3.8, 4) is 0 Å². The van der Waals surface area contributed by atoms with Gasteiger partial charge in [0.25, 0.3) is 0 Å². The minimum Gasteiger partial charge on any atom is -0.466 e. The van der Waals surface area contributed by atoms with Crippen molar-refractivity contribution in [2.24, 2.45) is 5.73 Å². The van der Waals surface area contributed by atoms with Gasteiger partial charge in [0, 0.05) is 24.7 Å². The first-order chi connectivity index (χ1) is 12.6. The summed E-state index contributed by atoms with van der Waals surface area (Å²) >= 11 is 6.25. The van der Waals surface area contributed by atoms with Crippen LogP contribution in [0.4, 0.5) is 8.78 Å². The second kappa shape index (κ2) is 14.6. The van der Waals surface area contributed by atoms with E-state index < -0.39 is 13.3 Å². The molecular formula is C19H26Cl2F2N2O2. The Morgan fingerprint density at radius 3 is 2.48 bits per heavy atom. The molecule has 2 aromatic carbocycles. The summed E-state index contributed by atoms with van der Waals surface area (Å²) in [5.41, 5.74) is 6.44. The Morgan fingerprint density at radius 1 is 1.22 bits per heavy atom. The number of ether oxygens (including phenoxy) is 1. The molecule has 0 unspecified atom stereocenters. The van der Waals surface area contributed by atoms with Crippen LogP contribution in [0.15, 0.2) is 30.3 Å². The van der Waals surface area contributed by atoms with E-state index in [1.54, 1.807) is 13.0 Å². The summed E-state index contributed by atoms with van der Waals surface area (Å²) in [6.45, 7) is 2.37. The average Bonchev–Trinajstić information content (AvgIpc) is 2.65. The highest BCUT2D eigenvalue weighted by atomic mass is 35.5. The summed E-state index contributed by atoms with van der Waals surface area (Å²) in [6, 6.07) is 9.66. The van der Waals surface area contributed by atoms with Crippen LogP contribution in [-0.4, -0.2) is 39.0 Å². The number of carbonyl (C=O) groups is 1.